The first-order valence-corrected chi connectivity index (χ1v) is 9.54. The van der Waals surface area contributed by atoms with E-state index in [1.165, 1.54) is 36.4 Å². The number of rotatable bonds is 8. The van der Waals surface area contributed by atoms with Gasteiger partial charge in [-0.25, -0.2) is 12.8 Å². The van der Waals surface area contributed by atoms with Crippen molar-refractivity contribution >= 4 is 21.7 Å². The molecule has 0 spiro atoms. The summed E-state index contributed by atoms with van der Waals surface area (Å²) in [5, 5.41) is 2.43. The highest BCUT2D eigenvalue weighted by atomic mass is 32.2. The van der Waals surface area contributed by atoms with Crippen LogP contribution in [0, 0.1) is 5.82 Å². The van der Waals surface area contributed by atoms with Crippen LogP contribution in [-0.2, 0) is 25.8 Å². The van der Waals surface area contributed by atoms with Gasteiger partial charge in [0, 0.05) is 0 Å². The van der Waals surface area contributed by atoms with E-state index in [0.29, 0.717) is 5.56 Å². The molecule has 0 aromatic heterocycles. The third-order valence-electron chi connectivity index (χ3n) is 3.73. The Hall–Kier alpha value is -2.74. The molecule has 0 bridgehead atoms. The molecule has 0 aliphatic rings. The van der Waals surface area contributed by atoms with Gasteiger partial charge in [0.15, 0.2) is 9.84 Å². The predicted octanol–water partition coefficient (Wildman–Crippen LogP) is 1.20. The number of hydrogen-bond donors (Lipinski definition) is 2. The molecule has 0 radical (unpaired) electrons. The van der Waals surface area contributed by atoms with Crippen LogP contribution < -0.4 is 11.1 Å². The summed E-state index contributed by atoms with van der Waals surface area (Å²) in [7, 11) is -3.59. The Bertz CT molecular complexity index is 868. The van der Waals surface area contributed by atoms with Crippen molar-refractivity contribution in [2.45, 2.75) is 23.8 Å². The van der Waals surface area contributed by atoms with E-state index in [-0.39, 0.29) is 23.5 Å². The fourth-order valence-corrected chi connectivity index (χ4v) is 3.69. The topological polar surface area (TPSA) is 106 Å². The molecule has 8 heteroatoms. The minimum absolute atomic E-state index is 0.0739. The molecule has 2 aromatic carbocycles. The van der Waals surface area contributed by atoms with Crippen molar-refractivity contribution in [3.8, 4) is 0 Å². The van der Waals surface area contributed by atoms with Gasteiger partial charge in [0.05, 0.1) is 17.1 Å². The molecule has 0 aliphatic heterocycles. The number of amides is 2. The Balaban J connectivity index is 1.97. The van der Waals surface area contributed by atoms with Gasteiger partial charge in [0.2, 0.25) is 11.8 Å². The molecule has 6 nitrogen and oxygen atoms in total. The SMILES string of the molecule is NC(=O)[C@H](CCS(=O)(=O)c1ccccc1)NC(=O)Cc1ccc(F)cc1. The first-order valence-electron chi connectivity index (χ1n) is 7.89. The van der Waals surface area contributed by atoms with Crippen LogP contribution in [0.1, 0.15) is 12.0 Å². The zero-order valence-corrected chi connectivity index (χ0v) is 14.7. The Morgan fingerprint density at radius 3 is 2.23 bits per heavy atom. The summed E-state index contributed by atoms with van der Waals surface area (Å²) in [6, 6.07) is 12.1. The van der Waals surface area contributed by atoms with Crippen LogP contribution in [0.4, 0.5) is 4.39 Å². The lowest BCUT2D eigenvalue weighted by Crippen LogP contribution is -2.45. The maximum atomic E-state index is 12.9. The van der Waals surface area contributed by atoms with Crippen molar-refractivity contribution in [1.82, 2.24) is 5.32 Å². The van der Waals surface area contributed by atoms with E-state index >= 15 is 0 Å². The molecule has 2 amide bonds. The summed E-state index contributed by atoms with van der Waals surface area (Å²) >= 11 is 0. The number of carbonyl (C=O) groups is 2. The van der Waals surface area contributed by atoms with Crippen molar-refractivity contribution in [2.24, 2.45) is 5.73 Å². The Morgan fingerprint density at radius 1 is 1.04 bits per heavy atom. The summed E-state index contributed by atoms with van der Waals surface area (Å²) in [5.74, 6) is -2.07. The molecule has 26 heavy (non-hydrogen) atoms. The second kappa shape index (κ2) is 8.57. The van der Waals surface area contributed by atoms with E-state index in [4.69, 9.17) is 5.73 Å². The van der Waals surface area contributed by atoms with Gasteiger partial charge in [-0.05, 0) is 36.2 Å². The molecule has 2 aromatic rings. The van der Waals surface area contributed by atoms with Crippen molar-refractivity contribution in [2.75, 3.05) is 5.75 Å². The van der Waals surface area contributed by atoms with Gasteiger partial charge in [0.1, 0.15) is 11.9 Å². The Morgan fingerprint density at radius 2 is 1.65 bits per heavy atom. The molecule has 138 valence electrons. The average Bonchev–Trinajstić information content (AvgIpc) is 2.61. The summed E-state index contributed by atoms with van der Waals surface area (Å²) in [5.41, 5.74) is 5.83. The van der Waals surface area contributed by atoms with Gasteiger partial charge in [-0.1, -0.05) is 30.3 Å². The number of nitrogens with one attached hydrogen (secondary N) is 1. The van der Waals surface area contributed by atoms with Gasteiger partial charge in [-0.2, -0.15) is 0 Å². The number of halogens is 1. The number of primary amides is 1. The van der Waals surface area contributed by atoms with Crippen molar-refractivity contribution in [3.05, 3.63) is 66.0 Å². The second-order valence-electron chi connectivity index (χ2n) is 5.75. The highest BCUT2D eigenvalue weighted by molar-refractivity contribution is 7.91. The molecular weight excluding hydrogens is 359 g/mol. The van der Waals surface area contributed by atoms with Crippen LogP contribution in [0.5, 0.6) is 0 Å². The summed E-state index contributed by atoms with van der Waals surface area (Å²) in [6.45, 7) is 0. The summed E-state index contributed by atoms with van der Waals surface area (Å²) in [4.78, 5) is 23.7. The molecule has 0 heterocycles. The third-order valence-corrected chi connectivity index (χ3v) is 5.50. The smallest absolute Gasteiger partial charge is 0.240 e. The van der Waals surface area contributed by atoms with Crippen LogP contribution in [0.3, 0.4) is 0 Å². The van der Waals surface area contributed by atoms with Gasteiger partial charge in [-0.3, -0.25) is 9.59 Å². The van der Waals surface area contributed by atoms with Crippen LogP contribution in [0.2, 0.25) is 0 Å². The molecule has 2 rings (SSSR count). The largest absolute Gasteiger partial charge is 0.368 e. The third kappa shape index (κ3) is 5.66. The van der Waals surface area contributed by atoms with E-state index in [2.05, 4.69) is 5.32 Å². The quantitative estimate of drug-likeness (QED) is 0.720. The molecule has 0 fully saturated rings. The van der Waals surface area contributed by atoms with Crippen molar-refractivity contribution < 1.29 is 22.4 Å². The maximum Gasteiger partial charge on any atom is 0.240 e. The average molecular weight is 378 g/mol. The minimum Gasteiger partial charge on any atom is -0.368 e. The molecule has 0 saturated heterocycles. The highest BCUT2D eigenvalue weighted by Gasteiger charge is 2.22. The van der Waals surface area contributed by atoms with Crippen LogP contribution in [0.25, 0.3) is 0 Å². The monoisotopic (exact) mass is 378 g/mol. The van der Waals surface area contributed by atoms with E-state index in [1.54, 1.807) is 18.2 Å². The van der Waals surface area contributed by atoms with E-state index in [1.807, 2.05) is 0 Å². The van der Waals surface area contributed by atoms with Crippen LogP contribution in [-0.4, -0.2) is 32.0 Å². The van der Waals surface area contributed by atoms with Gasteiger partial charge < -0.3 is 11.1 Å². The molecule has 0 saturated carbocycles. The second-order valence-corrected chi connectivity index (χ2v) is 7.86. The highest BCUT2D eigenvalue weighted by Crippen LogP contribution is 2.12. The zero-order chi connectivity index (χ0) is 19.2. The van der Waals surface area contributed by atoms with E-state index < -0.39 is 33.5 Å². The predicted molar refractivity (Wildman–Crippen MR) is 94.3 cm³/mol. The number of sulfone groups is 1. The Kier molecular flexibility index (Phi) is 6.46. The van der Waals surface area contributed by atoms with Gasteiger partial charge in [-0.15, -0.1) is 0 Å². The van der Waals surface area contributed by atoms with Crippen molar-refractivity contribution in [3.63, 3.8) is 0 Å². The summed E-state index contributed by atoms with van der Waals surface area (Å²) in [6.07, 6.45) is -0.211. The number of nitrogens with two attached hydrogens (primary N) is 1. The van der Waals surface area contributed by atoms with Gasteiger partial charge in [0.25, 0.3) is 0 Å². The number of benzene rings is 2. The standard InChI is InChI=1S/C18H19FN2O4S/c19-14-8-6-13(7-9-14)12-17(22)21-16(18(20)23)10-11-26(24,25)15-4-2-1-3-5-15/h1-9,16H,10-12H2,(H2,20,23)(H,21,22)/t16-/m0/s1. The summed E-state index contributed by atoms with van der Waals surface area (Å²) < 4.78 is 37.4. The number of hydrogen-bond acceptors (Lipinski definition) is 4. The number of carbonyl (C=O) groups excluding carboxylic acids is 2. The fraction of sp³-hybridized carbons (Fsp3) is 0.222. The molecule has 0 aliphatic carbocycles. The minimum atomic E-state index is -3.59. The lowest BCUT2D eigenvalue weighted by Gasteiger charge is -2.15. The zero-order valence-electron chi connectivity index (χ0n) is 13.9. The molecule has 1 atom stereocenters. The van der Waals surface area contributed by atoms with E-state index in [9.17, 15) is 22.4 Å². The molecule has 3 N–H and O–H groups in total. The molecule has 0 unspecified atom stereocenters. The molecular formula is C18H19FN2O4S. The first-order chi connectivity index (χ1) is 12.3. The van der Waals surface area contributed by atoms with Crippen LogP contribution in [0.15, 0.2) is 59.5 Å². The lowest BCUT2D eigenvalue weighted by molar-refractivity contribution is -0.127. The van der Waals surface area contributed by atoms with Gasteiger partial charge >= 0.3 is 0 Å². The Labute approximate surface area is 151 Å². The first kappa shape index (κ1) is 19.6. The normalized spacial score (nSPS) is 12.3. The van der Waals surface area contributed by atoms with E-state index in [0.717, 1.165) is 0 Å². The van der Waals surface area contributed by atoms with Crippen molar-refractivity contribution in [1.29, 1.82) is 0 Å². The fourth-order valence-electron chi connectivity index (χ4n) is 2.34. The van der Waals surface area contributed by atoms with Crippen LogP contribution >= 0.6 is 0 Å². The maximum absolute atomic E-state index is 12.9. The lowest BCUT2D eigenvalue weighted by atomic mass is 10.1.